The molecule has 0 fully saturated rings. The highest BCUT2D eigenvalue weighted by Crippen LogP contribution is 2.29. The lowest BCUT2D eigenvalue weighted by atomic mass is 10.2. The molecule has 4 rings (SSSR count). The molecule has 0 N–H and O–H groups in total. The van der Waals surface area contributed by atoms with Crippen LogP contribution in [0.1, 0.15) is 34.4 Å². The maximum Gasteiger partial charge on any atom is 0.338 e. The van der Waals surface area contributed by atoms with Gasteiger partial charge in [-0.15, -0.1) is 11.3 Å². The van der Waals surface area contributed by atoms with E-state index in [2.05, 4.69) is 21.7 Å². The van der Waals surface area contributed by atoms with E-state index >= 15 is 0 Å². The fraction of sp³-hybridized carbons (Fsp3) is 0.160. The van der Waals surface area contributed by atoms with Crippen molar-refractivity contribution < 1.29 is 14.3 Å². The van der Waals surface area contributed by atoms with Gasteiger partial charge in [0.15, 0.2) is 5.13 Å². The number of amides is 1. The molecule has 0 unspecified atom stereocenters. The zero-order valence-electron chi connectivity index (χ0n) is 18.1. The third-order valence-corrected chi connectivity index (χ3v) is 5.92. The van der Waals surface area contributed by atoms with Crippen LogP contribution in [0.5, 0.6) is 0 Å². The summed E-state index contributed by atoms with van der Waals surface area (Å²) in [5.41, 5.74) is 5.07. The number of aryl methyl sites for hydroxylation is 2. The number of thiazole rings is 1. The molecule has 6 nitrogen and oxygen atoms in total. The second kappa shape index (κ2) is 9.20. The Balaban J connectivity index is 1.43. The molecule has 0 saturated carbocycles. The molecule has 0 aliphatic rings. The van der Waals surface area contributed by atoms with Gasteiger partial charge in [0.25, 0.3) is 0 Å². The van der Waals surface area contributed by atoms with Gasteiger partial charge < -0.3 is 9.30 Å². The maximum atomic E-state index is 12.5. The summed E-state index contributed by atoms with van der Waals surface area (Å²) in [7, 11) is 0. The third-order valence-electron chi connectivity index (χ3n) is 5.04. The zero-order chi connectivity index (χ0) is 22.7. The normalized spacial score (nSPS) is 10.7. The summed E-state index contributed by atoms with van der Waals surface area (Å²) in [5.74, 6) is -0.555. The van der Waals surface area contributed by atoms with Gasteiger partial charge in [-0.2, -0.15) is 0 Å². The fourth-order valence-corrected chi connectivity index (χ4v) is 4.39. The highest BCUT2D eigenvalue weighted by Gasteiger charge is 2.18. The van der Waals surface area contributed by atoms with Crippen molar-refractivity contribution in [2.75, 3.05) is 4.90 Å². The molecule has 0 spiro atoms. The molecule has 162 valence electrons. The van der Waals surface area contributed by atoms with Crippen LogP contribution in [0.15, 0.2) is 72.1 Å². The number of anilines is 2. The van der Waals surface area contributed by atoms with E-state index in [4.69, 9.17) is 4.74 Å². The van der Waals surface area contributed by atoms with Crippen LogP contribution in [-0.4, -0.2) is 21.4 Å². The van der Waals surface area contributed by atoms with Gasteiger partial charge in [0.1, 0.15) is 6.61 Å². The van der Waals surface area contributed by atoms with Crippen molar-refractivity contribution in [3.05, 3.63) is 94.8 Å². The highest BCUT2D eigenvalue weighted by molar-refractivity contribution is 7.14. The summed E-state index contributed by atoms with van der Waals surface area (Å²) in [4.78, 5) is 30.7. The summed E-state index contributed by atoms with van der Waals surface area (Å²) < 4.78 is 7.57. The third kappa shape index (κ3) is 4.48. The Morgan fingerprint density at radius 2 is 1.62 bits per heavy atom. The predicted octanol–water partition coefficient (Wildman–Crippen LogP) is 5.59. The van der Waals surface area contributed by atoms with E-state index in [9.17, 15) is 9.59 Å². The van der Waals surface area contributed by atoms with Crippen LogP contribution in [0.2, 0.25) is 0 Å². The first-order valence-electron chi connectivity index (χ1n) is 10.2. The zero-order valence-corrected chi connectivity index (χ0v) is 18.9. The van der Waals surface area contributed by atoms with E-state index in [1.807, 2.05) is 56.3 Å². The number of benzene rings is 2. The fourth-order valence-electron chi connectivity index (χ4n) is 3.51. The Morgan fingerprint density at radius 3 is 2.25 bits per heavy atom. The number of rotatable bonds is 6. The van der Waals surface area contributed by atoms with Gasteiger partial charge in [0.05, 0.1) is 16.9 Å². The first kappa shape index (κ1) is 21.5. The van der Waals surface area contributed by atoms with Crippen LogP contribution in [0.25, 0.3) is 5.69 Å². The number of hydrogen-bond donors (Lipinski definition) is 0. The molecule has 2 aromatic heterocycles. The van der Waals surface area contributed by atoms with Crippen LogP contribution in [-0.2, 0) is 16.1 Å². The Morgan fingerprint density at radius 1 is 0.969 bits per heavy atom. The van der Waals surface area contributed by atoms with Crippen molar-refractivity contribution in [2.45, 2.75) is 27.4 Å². The number of hydrogen-bond acceptors (Lipinski definition) is 5. The number of esters is 1. The molecule has 4 aromatic rings. The van der Waals surface area contributed by atoms with E-state index in [1.165, 1.54) is 18.3 Å². The SMILES string of the molecule is CC(=O)N(c1ccccc1)c1nc(COC(=O)c2ccc(-n3c(C)ccc3C)cc2)cs1. The van der Waals surface area contributed by atoms with Crippen molar-refractivity contribution in [3.63, 3.8) is 0 Å². The molecule has 0 aliphatic heterocycles. The molecule has 2 heterocycles. The van der Waals surface area contributed by atoms with E-state index < -0.39 is 5.97 Å². The lowest BCUT2D eigenvalue weighted by Gasteiger charge is -2.17. The van der Waals surface area contributed by atoms with Crippen LogP contribution in [0.3, 0.4) is 0 Å². The smallest absolute Gasteiger partial charge is 0.338 e. The highest BCUT2D eigenvalue weighted by atomic mass is 32.1. The molecule has 0 atom stereocenters. The number of para-hydroxylation sites is 1. The van der Waals surface area contributed by atoms with Gasteiger partial charge in [-0.3, -0.25) is 9.69 Å². The van der Waals surface area contributed by atoms with Gasteiger partial charge in [-0.05, 0) is 62.4 Å². The van der Waals surface area contributed by atoms with Crippen LogP contribution in [0.4, 0.5) is 10.8 Å². The summed E-state index contributed by atoms with van der Waals surface area (Å²) in [6, 6.07) is 20.8. The molecule has 0 radical (unpaired) electrons. The largest absolute Gasteiger partial charge is 0.456 e. The maximum absolute atomic E-state index is 12.5. The lowest BCUT2D eigenvalue weighted by Crippen LogP contribution is -2.22. The topological polar surface area (TPSA) is 64.4 Å². The quantitative estimate of drug-likeness (QED) is 0.363. The molecule has 32 heavy (non-hydrogen) atoms. The van der Waals surface area contributed by atoms with Crippen molar-refractivity contribution in [3.8, 4) is 5.69 Å². The number of nitrogens with zero attached hydrogens (tertiary/aromatic N) is 3. The van der Waals surface area contributed by atoms with Crippen LogP contribution in [0, 0.1) is 13.8 Å². The standard InChI is InChI=1S/C25H23N3O3S/c1-17-9-10-18(2)27(17)23-13-11-20(12-14-23)24(30)31-15-21-16-32-25(26-21)28(19(3)29)22-7-5-4-6-8-22/h4-14,16H,15H2,1-3H3. The minimum atomic E-state index is -0.418. The van der Waals surface area contributed by atoms with Crippen LogP contribution >= 0.6 is 11.3 Å². The average molecular weight is 446 g/mol. The average Bonchev–Trinajstić information content (AvgIpc) is 3.39. The molecule has 0 aliphatic carbocycles. The Labute approximate surface area is 190 Å². The summed E-state index contributed by atoms with van der Waals surface area (Å²) in [6.07, 6.45) is 0. The molecule has 0 bridgehead atoms. The minimum Gasteiger partial charge on any atom is -0.456 e. The Hall–Kier alpha value is -3.71. The van der Waals surface area contributed by atoms with E-state index in [0.29, 0.717) is 16.4 Å². The monoisotopic (exact) mass is 445 g/mol. The van der Waals surface area contributed by atoms with E-state index in [0.717, 1.165) is 22.8 Å². The van der Waals surface area contributed by atoms with Gasteiger partial charge >= 0.3 is 5.97 Å². The molecule has 2 aromatic carbocycles. The van der Waals surface area contributed by atoms with Gasteiger partial charge in [-0.25, -0.2) is 9.78 Å². The second-order valence-corrected chi connectivity index (χ2v) is 8.22. The molecule has 7 heteroatoms. The summed E-state index contributed by atoms with van der Waals surface area (Å²) >= 11 is 1.33. The number of carbonyl (C=O) groups is 2. The first-order chi connectivity index (χ1) is 15.4. The van der Waals surface area contributed by atoms with Gasteiger partial charge in [-0.1, -0.05) is 18.2 Å². The summed E-state index contributed by atoms with van der Waals surface area (Å²) in [5, 5.41) is 2.33. The second-order valence-electron chi connectivity index (χ2n) is 7.39. The van der Waals surface area contributed by atoms with Crippen molar-refractivity contribution in [1.82, 2.24) is 9.55 Å². The van der Waals surface area contributed by atoms with Crippen molar-refractivity contribution in [1.29, 1.82) is 0 Å². The Kier molecular flexibility index (Phi) is 6.18. The van der Waals surface area contributed by atoms with Crippen molar-refractivity contribution in [2.24, 2.45) is 0 Å². The van der Waals surface area contributed by atoms with Crippen LogP contribution < -0.4 is 4.90 Å². The Bertz CT molecular complexity index is 1220. The van der Waals surface area contributed by atoms with Crippen molar-refractivity contribution >= 4 is 34.0 Å². The van der Waals surface area contributed by atoms with Gasteiger partial charge in [0.2, 0.25) is 5.91 Å². The number of ether oxygens (including phenoxy) is 1. The number of aromatic nitrogens is 2. The molecular formula is C25H23N3O3S. The molecular weight excluding hydrogens is 422 g/mol. The minimum absolute atomic E-state index is 0.0352. The first-order valence-corrected chi connectivity index (χ1v) is 11.0. The van der Waals surface area contributed by atoms with Gasteiger partial charge in [0, 0.05) is 29.4 Å². The van der Waals surface area contributed by atoms with E-state index in [1.54, 1.807) is 22.4 Å². The predicted molar refractivity (Wildman–Crippen MR) is 126 cm³/mol. The van der Waals surface area contributed by atoms with E-state index in [-0.39, 0.29) is 12.5 Å². The molecule has 1 amide bonds. The number of carbonyl (C=O) groups excluding carboxylic acids is 2. The molecule has 0 saturated heterocycles. The lowest BCUT2D eigenvalue weighted by molar-refractivity contribution is -0.115. The summed E-state index contributed by atoms with van der Waals surface area (Å²) in [6.45, 7) is 5.62.